The smallest absolute Gasteiger partial charge is 1.00 e. The average Bonchev–Trinajstić information content (AvgIpc) is 2.38. The molecule has 2 rings (SSSR count). The van der Waals surface area contributed by atoms with Crippen molar-refractivity contribution in [3.05, 3.63) is 38.9 Å². The molecule has 1 aromatic rings. The van der Waals surface area contributed by atoms with Crippen LogP contribution < -0.4 is 37.2 Å². The Bertz CT molecular complexity index is 404. The SMILES string of the molecule is CC1=Cc2c(ccc(Br)c2C)[CH]1[Zr+3].[Cl-].[Cl-].[Cl-]. The zero-order valence-corrected chi connectivity index (χ0v) is 15.1. The van der Waals surface area contributed by atoms with Gasteiger partial charge in [-0.05, 0) is 0 Å². The van der Waals surface area contributed by atoms with E-state index in [1.54, 1.807) is 24.7 Å². The Hall–Kier alpha value is 1.19. The maximum absolute atomic E-state index is 3.57. The number of hydrogen-bond acceptors (Lipinski definition) is 0. The largest absolute Gasteiger partial charge is 1.00 e. The topological polar surface area (TPSA) is 0 Å². The minimum absolute atomic E-state index is 0. The standard InChI is InChI=1S/C11H10Br.3ClH.Zr/c1-7-5-9-3-4-11(12)8(2)10(9)6-7;;;;/h3-6H,1-2H3;3*1H;/q;;;;+3/p-3. The average molecular weight is 420 g/mol. The molecule has 0 N–H and O–H groups in total. The zero-order chi connectivity index (χ0) is 9.59. The first-order valence-corrected chi connectivity index (χ1v) is 6.51. The van der Waals surface area contributed by atoms with Gasteiger partial charge in [-0.15, -0.1) is 0 Å². The first-order valence-electron chi connectivity index (χ1n) is 4.29. The molecular weight excluding hydrogens is 410 g/mol. The van der Waals surface area contributed by atoms with Gasteiger partial charge in [0.05, 0.1) is 0 Å². The molecule has 0 aliphatic heterocycles. The second-order valence-corrected chi connectivity index (χ2v) is 5.77. The maximum Gasteiger partial charge on any atom is -1.00 e. The minimum atomic E-state index is 0. The van der Waals surface area contributed by atoms with E-state index < -0.39 is 0 Å². The van der Waals surface area contributed by atoms with Crippen molar-refractivity contribution < 1.29 is 61.9 Å². The molecule has 1 aliphatic rings. The summed E-state index contributed by atoms with van der Waals surface area (Å²) in [4.78, 5) is 0. The van der Waals surface area contributed by atoms with Gasteiger partial charge < -0.3 is 37.2 Å². The molecule has 0 fully saturated rings. The van der Waals surface area contributed by atoms with E-state index in [1.165, 1.54) is 26.7 Å². The van der Waals surface area contributed by atoms with Gasteiger partial charge >= 0.3 is 103 Å². The zero-order valence-electron chi connectivity index (χ0n) is 8.82. The molecule has 1 aliphatic carbocycles. The van der Waals surface area contributed by atoms with Crippen LogP contribution in [-0.4, -0.2) is 0 Å². The molecular formula is C11H10BrCl3Zr. The summed E-state index contributed by atoms with van der Waals surface area (Å²) >= 11 is 5.16. The van der Waals surface area contributed by atoms with Gasteiger partial charge in [0.1, 0.15) is 0 Å². The fraction of sp³-hybridized carbons (Fsp3) is 0.273. The van der Waals surface area contributed by atoms with Crippen LogP contribution in [0.5, 0.6) is 0 Å². The molecule has 86 valence electrons. The minimum Gasteiger partial charge on any atom is -1.00 e. The van der Waals surface area contributed by atoms with Crippen LogP contribution in [0.3, 0.4) is 0 Å². The number of hydrogen-bond donors (Lipinski definition) is 0. The van der Waals surface area contributed by atoms with E-state index in [9.17, 15) is 0 Å². The monoisotopic (exact) mass is 416 g/mol. The van der Waals surface area contributed by atoms with Crippen molar-refractivity contribution in [2.24, 2.45) is 0 Å². The Morgan fingerprint density at radius 3 is 2.25 bits per heavy atom. The molecule has 0 radical (unpaired) electrons. The van der Waals surface area contributed by atoms with Crippen molar-refractivity contribution in [1.82, 2.24) is 0 Å². The van der Waals surface area contributed by atoms with Crippen LogP contribution in [0.4, 0.5) is 0 Å². The fourth-order valence-corrected chi connectivity index (χ4v) is 2.89. The molecule has 0 saturated heterocycles. The van der Waals surface area contributed by atoms with Crippen molar-refractivity contribution in [3.63, 3.8) is 0 Å². The summed E-state index contributed by atoms with van der Waals surface area (Å²) in [6, 6.07) is 4.41. The predicted molar refractivity (Wildman–Crippen MR) is 55.3 cm³/mol. The van der Waals surface area contributed by atoms with Crippen LogP contribution in [0.25, 0.3) is 6.08 Å². The van der Waals surface area contributed by atoms with E-state index in [1.807, 2.05) is 0 Å². The number of benzene rings is 1. The van der Waals surface area contributed by atoms with Crippen molar-refractivity contribution in [2.45, 2.75) is 17.5 Å². The number of rotatable bonds is 0. The van der Waals surface area contributed by atoms with Gasteiger partial charge in [0.25, 0.3) is 0 Å². The van der Waals surface area contributed by atoms with Gasteiger partial charge in [-0.2, -0.15) is 0 Å². The Balaban J connectivity index is 0. The van der Waals surface area contributed by atoms with Gasteiger partial charge in [-0.25, -0.2) is 0 Å². The van der Waals surface area contributed by atoms with Crippen molar-refractivity contribution in [1.29, 1.82) is 0 Å². The van der Waals surface area contributed by atoms with Crippen LogP contribution in [0, 0.1) is 6.92 Å². The normalized spacial score (nSPS) is 16.3. The molecule has 0 aromatic heterocycles. The summed E-state index contributed by atoms with van der Waals surface area (Å²) in [5.41, 5.74) is 5.83. The molecule has 1 aromatic carbocycles. The molecule has 0 heterocycles. The third-order valence-corrected chi connectivity index (χ3v) is 5.36. The Labute approximate surface area is 139 Å². The summed E-state index contributed by atoms with van der Waals surface area (Å²) in [5.74, 6) is 0. The van der Waals surface area contributed by atoms with E-state index in [0.717, 1.165) is 0 Å². The predicted octanol–water partition coefficient (Wildman–Crippen LogP) is -5.23. The van der Waals surface area contributed by atoms with Gasteiger partial charge in [-0.3, -0.25) is 0 Å². The second kappa shape index (κ2) is 7.59. The second-order valence-electron chi connectivity index (χ2n) is 3.50. The molecule has 0 nitrogen and oxygen atoms in total. The summed E-state index contributed by atoms with van der Waals surface area (Å²) < 4.78 is 1.91. The molecule has 16 heavy (non-hydrogen) atoms. The van der Waals surface area contributed by atoms with Gasteiger partial charge in [0.15, 0.2) is 0 Å². The first-order chi connectivity index (χ1) is 6.11. The molecule has 5 heteroatoms. The maximum atomic E-state index is 3.57. The van der Waals surface area contributed by atoms with E-state index in [2.05, 4.69) is 48.0 Å². The van der Waals surface area contributed by atoms with Gasteiger partial charge in [0, 0.05) is 0 Å². The van der Waals surface area contributed by atoms with Crippen LogP contribution >= 0.6 is 15.9 Å². The molecule has 0 amide bonds. The van der Waals surface area contributed by atoms with Crippen molar-refractivity contribution in [3.8, 4) is 0 Å². The summed E-state index contributed by atoms with van der Waals surface area (Å²) in [7, 11) is 0. The van der Waals surface area contributed by atoms with E-state index in [-0.39, 0.29) is 37.2 Å². The summed E-state index contributed by atoms with van der Waals surface area (Å²) in [5, 5.41) is 0. The Morgan fingerprint density at radius 1 is 1.12 bits per heavy atom. The molecule has 0 bridgehead atoms. The molecule has 1 unspecified atom stereocenters. The van der Waals surface area contributed by atoms with Crippen molar-refractivity contribution >= 4 is 22.0 Å². The molecule has 0 spiro atoms. The third kappa shape index (κ3) is 3.36. The van der Waals surface area contributed by atoms with Gasteiger partial charge in [-0.1, -0.05) is 0 Å². The molecule has 1 atom stereocenters. The molecule has 0 saturated carbocycles. The Morgan fingerprint density at radius 2 is 1.69 bits per heavy atom. The van der Waals surface area contributed by atoms with E-state index >= 15 is 0 Å². The van der Waals surface area contributed by atoms with E-state index in [0.29, 0.717) is 3.63 Å². The van der Waals surface area contributed by atoms with Crippen LogP contribution in [-0.2, 0) is 24.7 Å². The quantitative estimate of drug-likeness (QED) is 0.394. The summed E-state index contributed by atoms with van der Waals surface area (Å²) in [6.07, 6.45) is 2.33. The number of allylic oxidation sites excluding steroid dienone is 1. The number of fused-ring (bicyclic) bond motifs is 1. The Kier molecular flexibility index (Phi) is 9.26. The summed E-state index contributed by atoms with van der Waals surface area (Å²) in [6.45, 7) is 4.41. The van der Waals surface area contributed by atoms with Crippen LogP contribution in [0.2, 0.25) is 0 Å². The fourth-order valence-electron chi connectivity index (χ4n) is 1.72. The van der Waals surface area contributed by atoms with E-state index in [4.69, 9.17) is 0 Å². The van der Waals surface area contributed by atoms with Crippen LogP contribution in [0.15, 0.2) is 22.2 Å². The first kappa shape index (κ1) is 19.5. The number of halogens is 4. The third-order valence-electron chi connectivity index (χ3n) is 2.62. The van der Waals surface area contributed by atoms with Gasteiger partial charge in [0.2, 0.25) is 0 Å². The van der Waals surface area contributed by atoms with Crippen molar-refractivity contribution in [2.75, 3.05) is 0 Å². The van der Waals surface area contributed by atoms with Crippen LogP contribution in [0.1, 0.15) is 27.2 Å².